The Bertz CT molecular complexity index is 582. The van der Waals surface area contributed by atoms with Gasteiger partial charge in [0.15, 0.2) is 4.67 Å². The molecule has 0 atom stereocenters. The minimum absolute atomic E-state index is 0.126. The first-order valence-corrected chi connectivity index (χ1v) is 9.25. The van der Waals surface area contributed by atoms with Crippen LogP contribution in [0.4, 0.5) is 0 Å². The molecule has 0 N–H and O–H groups in total. The van der Waals surface area contributed by atoms with Gasteiger partial charge in [-0.1, -0.05) is 0 Å². The zero-order valence-electron chi connectivity index (χ0n) is 13.1. The number of esters is 1. The van der Waals surface area contributed by atoms with E-state index in [1.165, 1.54) is 6.26 Å². The number of rotatable bonds is 8. The normalized spacial score (nSPS) is 12.5. The summed E-state index contributed by atoms with van der Waals surface area (Å²) in [5.74, 6) is -0.617. The van der Waals surface area contributed by atoms with E-state index in [-0.39, 0.29) is 25.1 Å². The minimum atomic E-state index is -3.66. The summed E-state index contributed by atoms with van der Waals surface area (Å²) in [7, 11) is -3.66. The minimum Gasteiger partial charge on any atom is -0.463 e. The van der Waals surface area contributed by atoms with Crippen molar-refractivity contribution in [1.82, 2.24) is 0 Å². The van der Waals surface area contributed by atoms with Crippen LogP contribution in [0.3, 0.4) is 0 Å². The van der Waals surface area contributed by atoms with Crippen molar-refractivity contribution < 1.29 is 27.6 Å². The standard InChI is InChI=1S/C14H20BrO6P/c1-5-18-13(16)8-12(11-9-19-14(15)10(11)4)22(17,20-6-2)21-7-3/h8-9H,5-7H2,1-4H3/b12-8+. The SMILES string of the molecule is CCOC(=O)/C=C(\c1coc(Br)c1C)P(=O)(OCC)OCC. The van der Waals surface area contributed by atoms with E-state index < -0.39 is 13.6 Å². The van der Waals surface area contributed by atoms with Crippen LogP contribution in [0.1, 0.15) is 31.9 Å². The number of halogens is 1. The molecule has 8 heteroatoms. The molecule has 0 amide bonds. The van der Waals surface area contributed by atoms with Gasteiger partial charge in [-0.3, -0.25) is 4.57 Å². The highest BCUT2D eigenvalue weighted by Crippen LogP contribution is 2.61. The smallest absolute Gasteiger partial charge is 0.362 e. The van der Waals surface area contributed by atoms with Crippen LogP contribution in [0.5, 0.6) is 0 Å². The number of furan rings is 1. The number of ether oxygens (including phenoxy) is 1. The molecule has 124 valence electrons. The second-order valence-corrected chi connectivity index (χ2v) is 6.88. The van der Waals surface area contributed by atoms with Crippen molar-refractivity contribution in [3.05, 3.63) is 28.1 Å². The Balaban J connectivity index is 3.42. The van der Waals surface area contributed by atoms with Gasteiger partial charge >= 0.3 is 13.6 Å². The van der Waals surface area contributed by atoms with E-state index in [1.807, 2.05) is 0 Å². The van der Waals surface area contributed by atoms with E-state index in [0.29, 0.717) is 15.8 Å². The lowest BCUT2D eigenvalue weighted by atomic mass is 10.2. The van der Waals surface area contributed by atoms with E-state index in [0.717, 1.165) is 6.08 Å². The molecule has 0 radical (unpaired) electrons. The quantitative estimate of drug-likeness (QED) is 0.366. The fraction of sp³-hybridized carbons (Fsp3) is 0.500. The van der Waals surface area contributed by atoms with Gasteiger partial charge in [-0.05, 0) is 43.6 Å². The molecule has 0 bridgehead atoms. The molecule has 1 rings (SSSR count). The molecule has 0 aliphatic rings. The lowest BCUT2D eigenvalue weighted by molar-refractivity contribution is -0.137. The summed E-state index contributed by atoms with van der Waals surface area (Å²) in [4.78, 5) is 11.8. The average molecular weight is 395 g/mol. The molecular formula is C14H20BrO6P. The van der Waals surface area contributed by atoms with Crippen LogP contribution in [-0.4, -0.2) is 25.8 Å². The zero-order chi connectivity index (χ0) is 16.8. The maximum absolute atomic E-state index is 13.0. The number of hydrogen-bond donors (Lipinski definition) is 0. The van der Waals surface area contributed by atoms with Crippen molar-refractivity contribution in [1.29, 1.82) is 0 Å². The predicted molar refractivity (Wildman–Crippen MR) is 86.6 cm³/mol. The van der Waals surface area contributed by atoms with Gasteiger partial charge in [-0.15, -0.1) is 0 Å². The first-order valence-electron chi connectivity index (χ1n) is 6.91. The molecule has 0 aliphatic carbocycles. The fourth-order valence-corrected chi connectivity index (χ4v) is 3.88. The summed E-state index contributed by atoms with van der Waals surface area (Å²) in [5.41, 5.74) is 1.17. The summed E-state index contributed by atoms with van der Waals surface area (Å²) in [6, 6.07) is 0. The highest BCUT2D eigenvalue weighted by molar-refractivity contribution is 9.10. The van der Waals surface area contributed by atoms with Gasteiger partial charge in [-0.2, -0.15) is 0 Å². The molecule has 0 fully saturated rings. The first-order chi connectivity index (χ1) is 10.4. The van der Waals surface area contributed by atoms with Crippen molar-refractivity contribution in [3.63, 3.8) is 0 Å². The van der Waals surface area contributed by atoms with E-state index in [1.54, 1.807) is 27.7 Å². The molecule has 1 aromatic rings. The van der Waals surface area contributed by atoms with Crippen molar-refractivity contribution in [2.24, 2.45) is 0 Å². The van der Waals surface area contributed by atoms with E-state index in [4.69, 9.17) is 18.2 Å². The Morgan fingerprint density at radius 1 is 1.27 bits per heavy atom. The Labute approximate surface area is 138 Å². The molecular weight excluding hydrogens is 375 g/mol. The van der Waals surface area contributed by atoms with Gasteiger partial charge in [0.05, 0.1) is 25.1 Å². The van der Waals surface area contributed by atoms with Crippen LogP contribution >= 0.6 is 23.5 Å². The molecule has 0 aromatic carbocycles. The van der Waals surface area contributed by atoms with E-state index in [9.17, 15) is 9.36 Å². The molecule has 22 heavy (non-hydrogen) atoms. The van der Waals surface area contributed by atoms with Gasteiger partial charge in [0.2, 0.25) is 0 Å². The second kappa shape index (κ2) is 8.67. The van der Waals surface area contributed by atoms with Crippen LogP contribution in [0.15, 0.2) is 21.4 Å². The Hall–Kier alpha value is -0.880. The monoisotopic (exact) mass is 394 g/mol. The van der Waals surface area contributed by atoms with Crippen molar-refractivity contribution in [3.8, 4) is 0 Å². The summed E-state index contributed by atoms with van der Waals surface area (Å²) < 4.78 is 34.3. The van der Waals surface area contributed by atoms with Crippen LogP contribution in [0.25, 0.3) is 5.31 Å². The first kappa shape index (κ1) is 19.2. The second-order valence-electron chi connectivity index (χ2n) is 4.16. The van der Waals surface area contributed by atoms with Crippen LogP contribution in [-0.2, 0) is 23.1 Å². The number of carbonyl (C=O) groups is 1. The summed E-state index contributed by atoms with van der Waals surface area (Å²) >= 11 is 3.24. The predicted octanol–water partition coefficient (Wildman–Crippen LogP) is 4.52. The summed E-state index contributed by atoms with van der Waals surface area (Å²) in [5, 5.41) is 0.126. The zero-order valence-corrected chi connectivity index (χ0v) is 15.5. The molecule has 0 saturated heterocycles. The molecule has 1 heterocycles. The maximum atomic E-state index is 13.0. The van der Waals surface area contributed by atoms with Crippen molar-refractivity contribution >= 4 is 34.8 Å². The summed E-state index contributed by atoms with van der Waals surface area (Å²) in [6.45, 7) is 7.42. The van der Waals surface area contributed by atoms with Gasteiger partial charge in [-0.25, -0.2) is 4.79 Å². The van der Waals surface area contributed by atoms with E-state index in [2.05, 4.69) is 15.9 Å². The highest BCUT2D eigenvalue weighted by Gasteiger charge is 2.34. The third kappa shape index (κ3) is 4.56. The average Bonchev–Trinajstić information content (AvgIpc) is 2.77. The molecule has 0 unspecified atom stereocenters. The van der Waals surface area contributed by atoms with Crippen LogP contribution in [0.2, 0.25) is 0 Å². The lowest BCUT2D eigenvalue weighted by Crippen LogP contribution is -2.04. The van der Waals surface area contributed by atoms with Gasteiger partial charge in [0.1, 0.15) is 6.26 Å². The third-order valence-electron chi connectivity index (χ3n) is 2.69. The van der Waals surface area contributed by atoms with Gasteiger partial charge in [0, 0.05) is 17.2 Å². The topological polar surface area (TPSA) is 75.0 Å². The van der Waals surface area contributed by atoms with Crippen LogP contribution in [0, 0.1) is 6.92 Å². The Morgan fingerprint density at radius 2 is 1.86 bits per heavy atom. The maximum Gasteiger partial charge on any atom is 0.362 e. The Kier molecular flexibility index (Phi) is 7.56. The van der Waals surface area contributed by atoms with Crippen LogP contribution < -0.4 is 0 Å². The summed E-state index contributed by atoms with van der Waals surface area (Å²) in [6.07, 6.45) is 2.54. The number of hydrogen-bond acceptors (Lipinski definition) is 6. The van der Waals surface area contributed by atoms with Crippen molar-refractivity contribution in [2.45, 2.75) is 27.7 Å². The van der Waals surface area contributed by atoms with E-state index >= 15 is 0 Å². The Morgan fingerprint density at radius 3 is 2.27 bits per heavy atom. The lowest BCUT2D eigenvalue weighted by Gasteiger charge is -2.19. The molecule has 6 nitrogen and oxygen atoms in total. The fourth-order valence-electron chi connectivity index (χ4n) is 1.76. The third-order valence-corrected chi connectivity index (χ3v) is 5.63. The molecule has 1 aromatic heterocycles. The molecule has 0 saturated carbocycles. The largest absolute Gasteiger partial charge is 0.463 e. The van der Waals surface area contributed by atoms with Gasteiger partial charge < -0.3 is 18.2 Å². The highest BCUT2D eigenvalue weighted by atomic mass is 79.9. The van der Waals surface area contributed by atoms with Gasteiger partial charge in [0.25, 0.3) is 0 Å². The number of carbonyl (C=O) groups excluding carboxylic acids is 1. The molecule has 0 aliphatic heterocycles. The van der Waals surface area contributed by atoms with Crippen molar-refractivity contribution in [2.75, 3.05) is 19.8 Å². The molecule has 0 spiro atoms.